The van der Waals surface area contributed by atoms with Gasteiger partial charge in [0.1, 0.15) is 5.75 Å². The summed E-state index contributed by atoms with van der Waals surface area (Å²) in [5.41, 5.74) is 2.20. The van der Waals surface area contributed by atoms with Crippen LogP contribution in [0.3, 0.4) is 0 Å². The zero-order valence-corrected chi connectivity index (χ0v) is 20.0. The fraction of sp³-hybridized carbons (Fsp3) is 0.214. The molecule has 4 rings (SSSR count). The summed E-state index contributed by atoms with van der Waals surface area (Å²) in [6.45, 7) is 2.53. The molecule has 1 heterocycles. The minimum absolute atomic E-state index is 0.267. The fourth-order valence-corrected chi connectivity index (χ4v) is 3.86. The van der Waals surface area contributed by atoms with E-state index >= 15 is 0 Å². The van der Waals surface area contributed by atoms with E-state index in [1.54, 1.807) is 19.2 Å². The maximum Gasteiger partial charge on any atom is 0.416 e. The van der Waals surface area contributed by atoms with Gasteiger partial charge in [-0.1, -0.05) is 18.2 Å². The van der Waals surface area contributed by atoms with Crippen molar-refractivity contribution in [2.24, 2.45) is 0 Å². The van der Waals surface area contributed by atoms with Crippen molar-refractivity contribution < 1.29 is 32.2 Å². The number of halogens is 3. The van der Waals surface area contributed by atoms with E-state index in [1.165, 1.54) is 36.4 Å². The quantitative estimate of drug-likeness (QED) is 0.150. The fourth-order valence-electron chi connectivity index (χ4n) is 3.86. The number of hydrogen-bond acceptors (Lipinski definition) is 5. The van der Waals surface area contributed by atoms with Gasteiger partial charge in [0.15, 0.2) is 0 Å². The van der Waals surface area contributed by atoms with Crippen LogP contribution in [0.25, 0.3) is 10.9 Å². The van der Waals surface area contributed by atoms with Crippen LogP contribution >= 0.6 is 0 Å². The molecule has 37 heavy (non-hydrogen) atoms. The van der Waals surface area contributed by atoms with Crippen molar-refractivity contribution in [3.8, 4) is 5.75 Å². The molecule has 2 N–H and O–H groups in total. The molecule has 4 aromatic rings. The molecule has 0 amide bonds. The molecule has 0 bridgehead atoms. The van der Waals surface area contributed by atoms with Crippen molar-refractivity contribution >= 4 is 28.5 Å². The Bertz CT molecular complexity index is 1390. The summed E-state index contributed by atoms with van der Waals surface area (Å²) < 4.78 is 49.1. The highest BCUT2D eigenvalue weighted by Gasteiger charge is 2.30. The Labute approximate surface area is 211 Å². The van der Waals surface area contributed by atoms with Gasteiger partial charge in [0.25, 0.3) is 0 Å². The highest BCUT2D eigenvalue weighted by molar-refractivity contribution is 6.05. The molecular formula is C28H25F3N2O4. The Kier molecular flexibility index (Phi) is 7.81. The Morgan fingerprint density at radius 3 is 2.49 bits per heavy atom. The first-order valence-electron chi connectivity index (χ1n) is 11.7. The molecule has 0 atom stereocenters. The Morgan fingerprint density at radius 2 is 1.76 bits per heavy atom. The lowest BCUT2D eigenvalue weighted by molar-refractivity contribution is -0.137. The molecule has 0 unspecified atom stereocenters. The average Bonchev–Trinajstić information content (AvgIpc) is 3.30. The average molecular weight is 511 g/mol. The van der Waals surface area contributed by atoms with Crippen molar-refractivity contribution in [2.75, 3.05) is 18.5 Å². The Morgan fingerprint density at radius 1 is 0.973 bits per heavy atom. The van der Waals surface area contributed by atoms with Crippen LogP contribution in [0.2, 0.25) is 0 Å². The van der Waals surface area contributed by atoms with Gasteiger partial charge >= 0.3 is 18.1 Å². The van der Waals surface area contributed by atoms with E-state index in [0.717, 1.165) is 17.3 Å². The van der Waals surface area contributed by atoms with Crippen LogP contribution in [0.5, 0.6) is 5.75 Å². The number of carbonyl (C=O) groups is 2. The lowest BCUT2D eigenvalue weighted by Crippen LogP contribution is -2.09. The molecule has 3 aromatic carbocycles. The number of benzene rings is 3. The van der Waals surface area contributed by atoms with Gasteiger partial charge in [0.05, 0.1) is 23.3 Å². The smallest absolute Gasteiger partial charge is 0.416 e. The number of aryl methyl sites for hydroxylation is 1. The van der Waals surface area contributed by atoms with Gasteiger partial charge in [-0.15, -0.1) is 0 Å². The van der Waals surface area contributed by atoms with E-state index < -0.39 is 23.7 Å². The highest BCUT2D eigenvalue weighted by atomic mass is 19.4. The molecule has 1 aromatic heterocycles. The van der Waals surface area contributed by atoms with Crippen LogP contribution in [0.4, 0.5) is 18.9 Å². The van der Waals surface area contributed by atoms with E-state index in [9.17, 15) is 22.8 Å². The van der Waals surface area contributed by atoms with E-state index in [4.69, 9.17) is 9.47 Å². The number of nitrogens with one attached hydrogen (secondary N) is 2. The number of alkyl halides is 3. The van der Waals surface area contributed by atoms with Gasteiger partial charge in [-0.25, -0.2) is 9.59 Å². The van der Waals surface area contributed by atoms with Crippen LogP contribution in [0.15, 0.2) is 72.9 Å². The van der Waals surface area contributed by atoms with Crippen molar-refractivity contribution in [3.05, 3.63) is 95.2 Å². The molecule has 0 aliphatic heterocycles. The zero-order valence-electron chi connectivity index (χ0n) is 20.0. The summed E-state index contributed by atoms with van der Waals surface area (Å²) in [5.74, 6) is -0.722. The summed E-state index contributed by atoms with van der Waals surface area (Å²) in [6.07, 6.45) is -1.67. The maximum absolute atomic E-state index is 12.9. The molecule has 6 nitrogen and oxygen atoms in total. The third kappa shape index (κ3) is 6.49. The molecule has 0 saturated carbocycles. The van der Waals surface area contributed by atoms with E-state index in [0.29, 0.717) is 41.5 Å². The number of aromatic amines is 1. The number of aromatic nitrogens is 1. The predicted octanol–water partition coefficient (Wildman–Crippen LogP) is 6.63. The monoisotopic (exact) mass is 510 g/mol. The van der Waals surface area contributed by atoms with Crippen LogP contribution < -0.4 is 10.1 Å². The van der Waals surface area contributed by atoms with Crippen molar-refractivity contribution in [2.45, 2.75) is 25.9 Å². The van der Waals surface area contributed by atoms with E-state index in [-0.39, 0.29) is 12.4 Å². The first-order chi connectivity index (χ1) is 17.7. The number of H-pyrrole nitrogens is 1. The van der Waals surface area contributed by atoms with Crippen molar-refractivity contribution in [3.63, 3.8) is 0 Å². The largest absolute Gasteiger partial charge is 0.462 e. The summed E-state index contributed by atoms with van der Waals surface area (Å²) in [5, 5.41) is 3.92. The van der Waals surface area contributed by atoms with Gasteiger partial charge in [0, 0.05) is 29.3 Å². The van der Waals surface area contributed by atoms with Crippen molar-refractivity contribution in [1.82, 2.24) is 4.98 Å². The standard InChI is InChI=1S/C28H25F3N2O4/c1-2-36-26(34)19-8-11-22(12-9-19)37-27(35)24-17-33-25-13-10-21(16-23(24)25)32-14-4-6-18-5-3-7-20(15-18)28(29,30)31/h3,5,7-13,15-17,32-33H,2,4,6,14H2,1H3. The van der Waals surface area contributed by atoms with Gasteiger partial charge in [0.2, 0.25) is 0 Å². The Balaban J connectivity index is 1.37. The topological polar surface area (TPSA) is 80.4 Å². The van der Waals surface area contributed by atoms with Crippen LogP contribution in [-0.4, -0.2) is 30.1 Å². The van der Waals surface area contributed by atoms with Gasteiger partial charge in [-0.2, -0.15) is 13.2 Å². The second-order valence-corrected chi connectivity index (χ2v) is 8.33. The summed E-state index contributed by atoms with van der Waals surface area (Å²) in [7, 11) is 0. The number of fused-ring (bicyclic) bond motifs is 1. The molecule has 0 aliphatic rings. The SMILES string of the molecule is CCOC(=O)c1ccc(OC(=O)c2c[nH]c3ccc(NCCCc4cccc(C(F)(F)F)c4)cc23)cc1. The minimum Gasteiger partial charge on any atom is -0.462 e. The molecule has 0 aliphatic carbocycles. The lowest BCUT2D eigenvalue weighted by atomic mass is 10.1. The number of esters is 2. The number of carbonyl (C=O) groups excluding carboxylic acids is 2. The number of hydrogen-bond donors (Lipinski definition) is 2. The minimum atomic E-state index is -4.36. The second kappa shape index (κ2) is 11.2. The molecule has 0 fully saturated rings. The Hall–Kier alpha value is -4.27. The zero-order chi connectivity index (χ0) is 26.4. The molecular weight excluding hydrogens is 485 g/mol. The number of ether oxygens (including phenoxy) is 2. The molecule has 0 radical (unpaired) electrons. The molecule has 192 valence electrons. The summed E-state index contributed by atoms with van der Waals surface area (Å²) in [4.78, 5) is 27.6. The predicted molar refractivity (Wildman–Crippen MR) is 134 cm³/mol. The summed E-state index contributed by atoms with van der Waals surface area (Å²) in [6, 6.07) is 16.9. The number of rotatable bonds is 9. The van der Waals surface area contributed by atoms with E-state index in [2.05, 4.69) is 10.3 Å². The summed E-state index contributed by atoms with van der Waals surface area (Å²) >= 11 is 0. The van der Waals surface area contributed by atoms with Gasteiger partial charge in [-0.3, -0.25) is 0 Å². The third-order valence-electron chi connectivity index (χ3n) is 5.70. The first-order valence-corrected chi connectivity index (χ1v) is 11.7. The van der Waals surface area contributed by atoms with Gasteiger partial charge in [-0.05, 0) is 73.9 Å². The molecule has 0 saturated heterocycles. The third-order valence-corrected chi connectivity index (χ3v) is 5.70. The normalized spacial score (nSPS) is 11.4. The lowest BCUT2D eigenvalue weighted by Gasteiger charge is -2.10. The first kappa shape index (κ1) is 25.8. The van der Waals surface area contributed by atoms with Crippen LogP contribution in [0, 0.1) is 0 Å². The van der Waals surface area contributed by atoms with Crippen molar-refractivity contribution in [1.29, 1.82) is 0 Å². The maximum atomic E-state index is 12.9. The highest BCUT2D eigenvalue weighted by Crippen LogP contribution is 2.30. The molecule has 9 heteroatoms. The molecule has 0 spiro atoms. The number of anilines is 1. The van der Waals surface area contributed by atoms with Gasteiger partial charge < -0.3 is 19.8 Å². The van der Waals surface area contributed by atoms with Crippen LogP contribution in [0.1, 0.15) is 45.2 Å². The van der Waals surface area contributed by atoms with Crippen LogP contribution in [-0.2, 0) is 17.3 Å². The van der Waals surface area contributed by atoms with E-state index in [1.807, 2.05) is 18.2 Å². The second-order valence-electron chi connectivity index (χ2n) is 8.33.